The first-order valence-electron chi connectivity index (χ1n) is 12.2. The Labute approximate surface area is 211 Å². The van der Waals surface area contributed by atoms with Gasteiger partial charge in [0.25, 0.3) is 0 Å². The van der Waals surface area contributed by atoms with Crippen molar-refractivity contribution in [3.63, 3.8) is 0 Å². The molecule has 0 spiro atoms. The van der Waals surface area contributed by atoms with Gasteiger partial charge in [-0.1, -0.05) is 24.3 Å². The zero-order valence-electron chi connectivity index (χ0n) is 20.6. The van der Waals surface area contributed by atoms with Gasteiger partial charge in [-0.05, 0) is 42.3 Å². The highest BCUT2D eigenvalue weighted by atomic mass is 16.5. The van der Waals surface area contributed by atoms with E-state index in [4.69, 9.17) is 4.74 Å². The fourth-order valence-corrected chi connectivity index (χ4v) is 4.68. The highest BCUT2D eigenvalue weighted by Gasteiger charge is 2.13. The number of fused-ring (bicyclic) bond motifs is 1. The number of piperazine rings is 1. The van der Waals surface area contributed by atoms with Crippen LogP contribution in [0.5, 0.6) is 5.75 Å². The molecule has 4 aromatic rings. The van der Waals surface area contributed by atoms with Crippen LogP contribution in [0.15, 0.2) is 55.0 Å². The molecule has 1 saturated heterocycles. The van der Waals surface area contributed by atoms with Crippen molar-refractivity contribution < 1.29 is 4.74 Å². The van der Waals surface area contributed by atoms with Gasteiger partial charge < -0.3 is 20.4 Å². The number of benzene rings is 2. The van der Waals surface area contributed by atoms with Crippen molar-refractivity contribution in [1.29, 1.82) is 5.26 Å². The average Bonchev–Trinajstić information content (AvgIpc) is 3.40. The van der Waals surface area contributed by atoms with Crippen LogP contribution in [0.1, 0.15) is 27.8 Å². The molecule has 1 aliphatic rings. The molecule has 0 atom stereocenters. The summed E-state index contributed by atoms with van der Waals surface area (Å²) in [6, 6.07) is 14.8. The SMILES string of the molecule is COc1cc(CN2CCNCC2)ccc1C=Cc1cncc(C#N)c1Nc1ccc2[nH]ccc2c1C. The fraction of sp³-hybridized carbons (Fsp3) is 0.241. The maximum atomic E-state index is 9.77. The third kappa shape index (κ3) is 4.96. The van der Waals surface area contributed by atoms with Crippen molar-refractivity contribution in [3.8, 4) is 11.8 Å². The van der Waals surface area contributed by atoms with E-state index < -0.39 is 0 Å². The van der Waals surface area contributed by atoms with Gasteiger partial charge in [-0.15, -0.1) is 0 Å². The second-order valence-corrected chi connectivity index (χ2v) is 9.00. The Morgan fingerprint density at radius 2 is 1.94 bits per heavy atom. The second-order valence-electron chi connectivity index (χ2n) is 9.00. The lowest BCUT2D eigenvalue weighted by molar-refractivity contribution is 0.233. The highest BCUT2D eigenvalue weighted by Crippen LogP contribution is 2.32. The first-order chi connectivity index (χ1) is 17.7. The number of aryl methyl sites for hydroxylation is 1. The average molecular weight is 479 g/mol. The van der Waals surface area contributed by atoms with Crippen LogP contribution in [-0.2, 0) is 6.54 Å². The maximum absolute atomic E-state index is 9.77. The van der Waals surface area contributed by atoms with Gasteiger partial charge in [0.1, 0.15) is 11.8 Å². The topological polar surface area (TPSA) is 89.0 Å². The molecule has 0 saturated carbocycles. The standard InChI is InChI=1S/C29H30N6O/c1-20-25-9-10-33-27(25)8-7-26(20)34-29-23(17-32-18-24(29)16-30)6-5-22-4-3-21(15-28(22)36-2)19-35-13-11-31-12-14-35/h3-10,15,17-18,31,33H,11-14,19H2,1-2H3,(H,32,34). The Kier molecular flexibility index (Phi) is 6.99. The van der Waals surface area contributed by atoms with Crippen LogP contribution in [0.3, 0.4) is 0 Å². The second kappa shape index (κ2) is 10.6. The molecule has 5 rings (SSSR count). The Balaban J connectivity index is 1.43. The molecule has 7 nitrogen and oxygen atoms in total. The van der Waals surface area contributed by atoms with E-state index in [0.717, 1.165) is 77.4 Å². The first-order valence-corrected chi connectivity index (χ1v) is 12.2. The lowest BCUT2D eigenvalue weighted by Crippen LogP contribution is -2.42. The van der Waals surface area contributed by atoms with E-state index in [9.17, 15) is 5.26 Å². The number of nitrogens with one attached hydrogen (secondary N) is 3. The van der Waals surface area contributed by atoms with Crippen LogP contribution < -0.4 is 15.4 Å². The zero-order valence-corrected chi connectivity index (χ0v) is 20.6. The summed E-state index contributed by atoms with van der Waals surface area (Å²) in [4.78, 5) is 9.99. The summed E-state index contributed by atoms with van der Waals surface area (Å²) in [5, 5.41) is 17.8. The lowest BCUT2D eigenvalue weighted by atomic mass is 10.1. The van der Waals surface area contributed by atoms with E-state index in [2.05, 4.69) is 62.8 Å². The molecule has 7 heteroatoms. The zero-order chi connectivity index (χ0) is 24.9. The van der Waals surface area contributed by atoms with Crippen LogP contribution in [-0.4, -0.2) is 48.2 Å². The van der Waals surface area contributed by atoms with Gasteiger partial charge in [-0.25, -0.2) is 0 Å². The molecule has 0 amide bonds. The number of methoxy groups -OCH3 is 1. The maximum Gasteiger partial charge on any atom is 0.126 e. The van der Waals surface area contributed by atoms with E-state index in [-0.39, 0.29) is 0 Å². The molecule has 182 valence electrons. The van der Waals surface area contributed by atoms with Crippen molar-refractivity contribution in [2.45, 2.75) is 13.5 Å². The quantitative estimate of drug-likeness (QED) is 0.344. The number of hydrogen-bond acceptors (Lipinski definition) is 6. The van der Waals surface area contributed by atoms with E-state index in [1.165, 1.54) is 5.56 Å². The smallest absolute Gasteiger partial charge is 0.126 e. The van der Waals surface area contributed by atoms with Crippen LogP contribution in [0.2, 0.25) is 0 Å². The Morgan fingerprint density at radius 3 is 2.75 bits per heavy atom. The Morgan fingerprint density at radius 1 is 1.11 bits per heavy atom. The third-order valence-electron chi connectivity index (χ3n) is 6.72. The molecule has 3 heterocycles. The number of rotatable bonds is 7. The molecule has 0 aliphatic carbocycles. The van der Waals surface area contributed by atoms with E-state index in [1.54, 1.807) is 19.5 Å². The van der Waals surface area contributed by atoms with Crippen LogP contribution in [0, 0.1) is 18.3 Å². The molecule has 36 heavy (non-hydrogen) atoms. The molecular weight excluding hydrogens is 448 g/mol. The molecular formula is C29H30N6O. The Bertz CT molecular complexity index is 1440. The first kappa shape index (κ1) is 23.6. The van der Waals surface area contributed by atoms with Gasteiger partial charge in [0.05, 0.1) is 18.4 Å². The molecule has 2 aromatic carbocycles. The van der Waals surface area contributed by atoms with E-state index in [1.807, 2.05) is 30.5 Å². The molecule has 1 fully saturated rings. The van der Waals surface area contributed by atoms with Crippen LogP contribution >= 0.6 is 0 Å². The number of H-pyrrole nitrogens is 1. The van der Waals surface area contributed by atoms with Crippen molar-refractivity contribution in [2.75, 3.05) is 38.6 Å². The summed E-state index contributed by atoms with van der Waals surface area (Å²) in [5.41, 5.74) is 7.41. The molecule has 0 radical (unpaired) electrons. The monoisotopic (exact) mass is 478 g/mol. The summed E-state index contributed by atoms with van der Waals surface area (Å²) in [5.74, 6) is 0.826. The summed E-state index contributed by atoms with van der Waals surface area (Å²) in [7, 11) is 1.70. The van der Waals surface area contributed by atoms with Gasteiger partial charge in [0, 0.05) is 79.0 Å². The highest BCUT2D eigenvalue weighted by molar-refractivity contribution is 5.90. The minimum atomic E-state index is 0.490. The fourth-order valence-electron chi connectivity index (χ4n) is 4.68. The summed E-state index contributed by atoms with van der Waals surface area (Å²) in [6.45, 7) is 7.16. The minimum absolute atomic E-state index is 0.490. The van der Waals surface area contributed by atoms with Crippen molar-refractivity contribution >= 4 is 34.4 Å². The van der Waals surface area contributed by atoms with Crippen molar-refractivity contribution in [2.24, 2.45) is 0 Å². The lowest BCUT2D eigenvalue weighted by Gasteiger charge is -2.27. The van der Waals surface area contributed by atoms with E-state index in [0.29, 0.717) is 5.56 Å². The number of nitriles is 1. The summed E-state index contributed by atoms with van der Waals surface area (Å²) >= 11 is 0. The van der Waals surface area contributed by atoms with Crippen LogP contribution in [0.4, 0.5) is 11.4 Å². The minimum Gasteiger partial charge on any atom is -0.496 e. The summed E-state index contributed by atoms with van der Waals surface area (Å²) in [6.07, 6.45) is 9.29. The van der Waals surface area contributed by atoms with E-state index >= 15 is 0 Å². The normalized spacial score (nSPS) is 14.2. The molecule has 0 bridgehead atoms. The van der Waals surface area contributed by atoms with Crippen molar-refractivity contribution in [1.82, 2.24) is 20.2 Å². The largest absolute Gasteiger partial charge is 0.496 e. The number of aromatic amines is 1. The van der Waals surface area contributed by atoms with Crippen molar-refractivity contribution in [3.05, 3.63) is 82.8 Å². The van der Waals surface area contributed by atoms with Gasteiger partial charge in [-0.3, -0.25) is 9.88 Å². The molecule has 1 aliphatic heterocycles. The van der Waals surface area contributed by atoms with Gasteiger partial charge in [0.2, 0.25) is 0 Å². The number of hydrogen-bond donors (Lipinski definition) is 3. The summed E-state index contributed by atoms with van der Waals surface area (Å²) < 4.78 is 5.71. The number of nitrogens with zero attached hydrogens (tertiary/aromatic N) is 3. The number of ether oxygens (including phenoxy) is 1. The predicted molar refractivity (Wildman–Crippen MR) is 145 cm³/mol. The van der Waals surface area contributed by atoms with Gasteiger partial charge >= 0.3 is 0 Å². The van der Waals surface area contributed by atoms with Gasteiger partial charge in [-0.2, -0.15) is 5.26 Å². The number of aromatic nitrogens is 2. The Hall–Kier alpha value is -4.12. The number of pyridine rings is 1. The van der Waals surface area contributed by atoms with Gasteiger partial charge in [0.15, 0.2) is 0 Å². The molecule has 3 N–H and O–H groups in total. The predicted octanol–water partition coefficient (Wildman–Crippen LogP) is 5.07. The van der Waals surface area contributed by atoms with Crippen LogP contribution in [0.25, 0.3) is 23.1 Å². The molecule has 0 unspecified atom stereocenters. The number of anilines is 2. The third-order valence-corrected chi connectivity index (χ3v) is 6.72. The molecule has 2 aromatic heterocycles.